The molecule has 0 fully saturated rings. The van der Waals surface area contributed by atoms with Gasteiger partial charge in [-0.15, -0.1) is 0 Å². The third kappa shape index (κ3) is 4.37. The first-order chi connectivity index (χ1) is 11.8. The normalized spacial score (nSPS) is 19.1. The van der Waals surface area contributed by atoms with Crippen molar-refractivity contribution in [1.29, 1.82) is 0 Å². The molecule has 1 aliphatic rings. The van der Waals surface area contributed by atoms with E-state index in [1.165, 1.54) is 7.11 Å². The largest absolute Gasteiger partial charge is 0.469 e. The maximum atomic E-state index is 12.2. The Morgan fingerprint density at radius 2 is 1.72 bits per heavy atom. The molecule has 1 aromatic rings. The van der Waals surface area contributed by atoms with Gasteiger partial charge in [0.1, 0.15) is 6.10 Å². The van der Waals surface area contributed by atoms with E-state index >= 15 is 0 Å². The molecule has 0 aromatic heterocycles. The van der Waals surface area contributed by atoms with Crippen LogP contribution in [0.15, 0.2) is 30.4 Å². The maximum absolute atomic E-state index is 12.2. The Hall–Kier alpha value is -3.30. The Balaban J connectivity index is 2.19. The van der Waals surface area contributed by atoms with Crippen molar-refractivity contribution in [2.24, 2.45) is 5.92 Å². The lowest BCUT2D eigenvalue weighted by atomic mass is 9.92. The number of carbonyl (C=O) groups excluding carboxylic acids is 2. The van der Waals surface area contributed by atoms with E-state index in [2.05, 4.69) is 4.74 Å². The number of hydrogen-bond acceptors (Lipinski definition) is 8. The molecule has 1 aromatic carbocycles. The summed E-state index contributed by atoms with van der Waals surface area (Å²) in [5.74, 6) is -1.85. The average Bonchev–Trinajstić information content (AvgIpc) is 2.60. The van der Waals surface area contributed by atoms with Crippen LogP contribution in [0.4, 0.5) is 11.4 Å². The molecule has 0 saturated heterocycles. The van der Waals surface area contributed by atoms with Crippen molar-refractivity contribution < 1.29 is 28.9 Å². The zero-order valence-electron chi connectivity index (χ0n) is 13.1. The molecule has 0 aliphatic heterocycles. The Morgan fingerprint density at radius 3 is 2.24 bits per heavy atom. The third-order valence-electron chi connectivity index (χ3n) is 3.64. The fourth-order valence-electron chi connectivity index (χ4n) is 2.43. The number of allylic oxidation sites excluding steroid dienone is 1. The number of benzene rings is 1. The number of carbonyl (C=O) groups is 2. The van der Waals surface area contributed by atoms with Crippen LogP contribution in [-0.4, -0.2) is 35.0 Å². The number of nitrogens with zero attached hydrogens (tertiary/aromatic N) is 2. The van der Waals surface area contributed by atoms with Gasteiger partial charge in [-0.2, -0.15) is 0 Å². The molecule has 0 radical (unpaired) electrons. The van der Waals surface area contributed by atoms with Crippen LogP contribution >= 0.6 is 0 Å². The second-order valence-electron chi connectivity index (χ2n) is 5.32. The van der Waals surface area contributed by atoms with Crippen LogP contribution in [0.1, 0.15) is 23.2 Å². The minimum atomic E-state index is -0.952. The number of ether oxygens (including phenoxy) is 2. The highest BCUT2D eigenvalue weighted by Crippen LogP contribution is 2.26. The van der Waals surface area contributed by atoms with E-state index in [1.807, 2.05) is 0 Å². The lowest BCUT2D eigenvalue weighted by molar-refractivity contribution is -0.394. The van der Waals surface area contributed by atoms with Crippen LogP contribution in [0.5, 0.6) is 0 Å². The van der Waals surface area contributed by atoms with E-state index < -0.39 is 45.2 Å². The Labute approximate surface area is 141 Å². The molecule has 0 amide bonds. The standard InChI is InChI=1S/C15H14N2O8/c1-24-14(18)9-3-2-4-13(7-9)25-15(19)10-5-11(16(20)21)8-12(6-10)17(22)23/h2,4-6,8-9,13H,3,7H2,1H3/t9-,13+/m1/s1. The van der Waals surface area contributed by atoms with Crippen LogP contribution in [-0.2, 0) is 14.3 Å². The van der Waals surface area contributed by atoms with Gasteiger partial charge in [-0.1, -0.05) is 6.08 Å². The monoisotopic (exact) mass is 350 g/mol. The highest BCUT2D eigenvalue weighted by molar-refractivity contribution is 5.91. The Morgan fingerprint density at radius 1 is 1.12 bits per heavy atom. The molecule has 0 heterocycles. The van der Waals surface area contributed by atoms with Crippen molar-refractivity contribution in [2.75, 3.05) is 7.11 Å². The summed E-state index contributed by atoms with van der Waals surface area (Å²) in [6.07, 6.45) is 3.17. The van der Waals surface area contributed by atoms with Crippen LogP contribution in [0.25, 0.3) is 0 Å². The number of nitro benzene ring substituents is 2. The van der Waals surface area contributed by atoms with E-state index in [9.17, 15) is 29.8 Å². The maximum Gasteiger partial charge on any atom is 0.339 e. The predicted octanol–water partition coefficient (Wildman–Crippen LogP) is 2.17. The zero-order chi connectivity index (χ0) is 18.6. The number of esters is 2. The van der Waals surface area contributed by atoms with Gasteiger partial charge in [0.25, 0.3) is 11.4 Å². The van der Waals surface area contributed by atoms with E-state index in [-0.39, 0.29) is 12.0 Å². The van der Waals surface area contributed by atoms with E-state index in [0.29, 0.717) is 6.42 Å². The molecule has 0 saturated carbocycles. The summed E-state index contributed by atoms with van der Waals surface area (Å²) in [5, 5.41) is 21.7. The van der Waals surface area contributed by atoms with E-state index in [4.69, 9.17) is 4.74 Å². The average molecular weight is 350 g/mol. The minimum absolute atomic E-state index is 0.200. The van der Waals surface area contributed by atoms with Crippen molar-refractivity contribution >= 4 is 23.3 Å². The summed E-state index contributed by atoms with van der Waals surface area (Å²) in [7, 11) is 1.25. The highest BCUT2D eigenvalue weighted by atomic mass is 16.6. The Bertz CT molecular complexity index is 726. The summed E-state index contributed by atoms with van der Waals surface area (Å²) in [6, 6.07) is 2.56. The van der Waals surface area contributed by atoms with Crippen molar-refractivity contribution in [3.63, 3.8) is 0 Å². The lowest BCUT2D eigenvalue weighted by Crippen LogP contribution is -2.27. The summed E-state index contributed by atoms with van der Waals surface area (Å²) < 4.78 is 9.84. The van der Waals surface area contributed by atoms with Crippen LogP contribution in [0.3, 0.4) is 0 Å². The SMILES string of the molecule is COC(=O)[C@@H]1CC=C[C@H](OC(=O)c2cc([N+](=O)[O-])cc([N+](=O)[O-])c2)C1. The first kappa shape index (κ1) is 18.0. The number of hydrogen-bond donors (Lipinski definition) is 0. The lowest BCUT2D eigenvalue weighted by Gasteiger charge is -2.22. The number of non-ortho nitro benzene ring substituents is 2. The summed E-state index contributed by atoms with van der Waals surface area (Å²) in [4.78, 5) is 43.8. The molecule has 132 valence electrons. The quantitative estimate of drug-likeness (QED) is 0.341. The molecular formula is C15H14N2O8. The summed E-state index contributed by atoms with van der Waals surface area (Å²) in [6.45, 7) is 0. The smallest absolute Gasteiger partial charge is 0.339 e. The highest BCUT2D eigenvalue weighted by Gasteiger charge is 2.28. The van der Waals surface area contributed by atoms with Crippen LogP contribution in [0.2, 0.25) is 0 Å². The van der Waals surface area contributed by atoms with Gasteiger partial charge in [0, 0.05) is 18.6 Å². The summed E-state index contributed by atoms with van der Waals surface area (Å²) in [5.41, 5.74) is -1.49. The van der Waals surface area contributed by atoms with Crippen molar-refractivity contribution in [1.82, 2.24) is 0 Å². The van der Waals surface area contributed by atoms with Gasteiger partial charge in [-0.3, -0.25) is 25.0 Å². The van der Waals surface area contributed by atoms with Gasteiger partial charge >= 0.3 is 11.9 Å². The van der Waals surface area contributed by atoms with Crippen LogP contribution in [0, 0.1) is 26.1 Å². The second kappa shape index (κ2) is 7.51. The molecule has 0 spiro atoms. The molecule has 0 bridgehead atoms. The Kier molecular flexibility index (Phi) is 5.42. The molecule has 0 unspecified atom stereocenters. The topological polar surface area (TPSA) is 139 Å². The minimum Gasteiger partial charge on any atom is -0.469 e. The summed E-state index contributed by atoms with van der Waals surface area (Å²) >= 11 is 0. The molecule has 2 rings (SSSR count). The molecule has 10 nitrogen and oxygen atoms in total. The van der Waals surface area contributed by atoms with Crippen LogP contribution < -0.4 is 0 Å². The second-order valence-corrected chi connectivity index (χ2v) is 5.32. The first-order valence-electron chi connectivity index (χ1n) is 7.21. The van der Waals surface area contributed by atoms with Crippen molar-refractivity contribution in [3.05, 3.63) is 56.1 Å². The fraction of sp³-hybridized carbons (Fsp3) is 0.333. The number of nitro groups is 2. The van der Waals surface area contributed by atoms with Gasteiger partial charge < -0.3 is 9.47 Å². The van der Waals surface area contributed by atoms with E-state index in [0.717, 1.165) is 18.2 Å². The van der Waals surface area contributed by atoms with Gasteiger partial charge in [0.05, 0.1) is 34.5 Å². The predicted molar refractivity (Wildman–Crippen MR) is 82.8 cm³/mol. The van der Waals surface area contributed by atoms with Gasteiger partial charge in [0.2, 0.25) is 0 Å². The van der Waals surface area contributed by atoms with Gasteiger partial charge in [-0.05, 0) is 12.5 Å². The number of methoxy groups -OCH3 is 1. The molecule has 2 atom stereocenters. The van der Waals surface area contributed by atoms with Gasteiger partial charge in [-0.25, -0.2) is 4.79 Å². The molecular weight excluding hydrogens is 336 g/mol. The molecule has 0 N–H and O–H groups in total. The number of rotatable bonds is 5. The zero-order valence-corrected chi connectivity index (χ0v) is 13.1. The van der Waals surface area contributed by atoms with Crippen molar-refractivity contribution in [3.8, 4) is 0 Å². The molecule has 25 heavy (non-hydrogen) atoms. The van der Waals surface area contributed by atoms with Gasteiger partial charge in [0.15, 0.2) is 0 Å². The first-order valence-corrected chi connectivity index (χ1v) is 7.21. The third-order valence-corrected chi connectivity index (χ3v) is 3.64. The molecule has 1 aliphatic carbocycles. The van der Waals surface area contributed by atoms with Crippen molar-refractivity contribution in [2.45, 2.75) is 18.9 Å². The van der Waals surface area contributed by atoms with E-state index in [1.54, 1.807) is 12.2 Å². The molecule has 10 heteroatoms. The fourth-order valence-corrected chi connectivity index (χ4v) is 2.43.